The SMILES string of the molecule is COc1ccc(Cl)cc1NC(=O)[C@H](C)OC(=O)CCOc1cccc(C)c1. The fourth-order valence-corrected chi connectivity index (χ4v) is 2.45. The third-order valence-electron chi connectivity index (χ3n) is 3.66. The highest BCUT2D eigenvalue weighted by Gasteiger charge is 2.19. The number of anilines is 1. The van der Waals surface area contributed by atoms with Crippen LogP contribution in [0.2, 0.25) is 5.02 Å². The molecular formula is C20H22ClNO5. The molecule has 1 atom stereocenters. The number of ether oxygens (including phenoxy) is 3. The summed E-state index contributed by atoms with van der Waals surface area (Å²) < 4.78 is 15.8. The van der Waals surface area contributed by atoms with Gasteiger partial charge < -0.3 is 19.5 Å². The Balaban J connectivity index is 1.81. The maximum absolute atomic E-state index is 12.2. The van der Waals surface area contributed by atoms with Crippen LogP contribution in [0.5, 0.6) is 11.5 Å². The minimum atomic E-state index is -0.972. The van der Waals surface area contributed by atoms with Crippen molar-refractivity contribution in [3.8, 4) is 11.5 Å². The molecule has 0 fully saturated rings. The van der Waals surface area contributed by atoms with Crippen LogP contribution in [0.25, 0.3) is 0 Å². The molecule has 0 aromatic heterocycles. The second-order valence-electron chi connectivity index (χ2n) is 5.88. The molecular weight excluding hydrogens is 370 g/mol. The van der Waals surface area contributed by atoms with Crippen LogP contribution in [0.4, 0.5) is 5.69 Å². The minimum absolute atomic E-state index is 0.0338. The summed E-state index contributed by atoms with van der Waals surface area (Å²) in [5.41, 5.74) is 1.47. The molecule has 0 aliphatic heterocycles. The predicted molar refractivity (Wildman–Crippen MR) is 103 cm³/mol. The monoisotopic (exact) mass is 391 g/mol. The lowest BCUT2D eigenvalue weighted by Crippen LogP contribution is -2.30. The van der Waals surface area contributed by atoms with Crippen LogP contribution in [0, 0.1) is 6.92 Å². The molecule has 0 spiro atoms. The second-order valence-corrected chi connectivity index (χ2v) is 6.32. The number of benzene rings is 2. The van der Waals surface area contributed by atoms with Crippen LogP contribution in [0.15, 0.2) is 42.5 Å². The fourth-order valence-electron chi connectivity index (χ4n) is 2.28. The molecule has 144 valence electrons. The van der Waals surface area contributed by atoms with E-state index in [4.69, 9.17) is 25.8 Å². The van der Waals surface area contributed by atoms with E-state index in [1.807, 2.05) is 31.2 Å². The highest BCUT2D eigenvalue weighted by molar-refractivity contribution is 6.31. The number of hydrogen-bond donors (Lipinski definition) is 1. The molecule has 27 heavy (non-hydrogen) atoms. The molecule has 0 unspecified atom stereocenters. The van der Waals surface area contributed by atoms with E-state index in [2.05, 4.69) is 5.32 Å². The summed E-state index contributed by atoms with van der Waals surface area (Å²) in [7, 11) is 1.48. The van der Waals surface area contributed by atoms with E-state index in [0.29, 0.717) is 22.2 Å². The third kappa shape index (κ3) is 6.49. The molecule has 0 aliphatic carbocycles. The number of esters is 1. The minimum Gasteiger partial charge on any atom is -0.495 e. The summed E-state index contributed by atoms with van der Waals surface area (Å²) in [6.07, 6.45) is -0.938. The molecule has 6 nitrogen and oxygen atoms in total. The third-order valence-corrected chi connectivity index (χ3v) is 3.90. The number of carbonyl (C=O) groups excluding carboxylic acids is 2. The van der Waals surface area contributed by atoms with E-state index in [1.54, 1.807) is 18.2 Å². The molecule has 2 aromatic carbocycles. The van der Waals surface area contributed by atoms with E-state index in [1.165, 1.54) is 14.0 Å². The van der Waals surface area contributed by atoms with Gasteiger partial charge in [-0.1, -0.05) is 23.7 Å². The number of nitrogens with one attached hydrogen (secondary N) is 1. The molecule has 2 aromatic rings. The van der Waals surface area contributed by atoms with Crippen LogP contribution in [0.1, 0.15) is 18.9 Å². The lowest BCUT2D eigenvalue weighted by Gasteiger charge is -2.15. The number of rotatable bonds is 8. The van der Waals surface area contributed by atoms with Gasteiger partial charge in [0.2, 0.25) is 0 Å². The van der Waals surface area contributed by atoms with Gasteiger partial charge in [-0.15, -0.1) is 0 Å². The summed E-state index contributed by atoms with van der Waals surface area (Å²) in [5, 5.41) is 3.09. The summed E-state index contributed by atoms with van der Waals surface area (Å²) in [5.74, 6) is 0.131. The van der Waals surface area contributed by atoms with Crippen molar-refractivity contribution in [1.29, 1.82) is 0 Å². The average molecular weight is 392 g/mol. The van der Waals surface area contributed by atoms with Gasteiger partial charge in [0.25, 0.3) is 5.91 Å². The van der Waals surface area contributed by atoms with Crippen molar-refractivity contribution in [3.63, 3.8) is 0 Å². The van der Waals surface area contributed by atoms with Crippen LogP contribution in [0.3, 0.4) is 0 Å². The molecule has 0 saturated carbocycles. The quantitative estimate of drug-likeness (QED) is 0.688. The normalized spacial score (nSPS) is 11.4. The van der Waals surface area contributed by atoms with Crippen molar-refractivity contribution in [2.24, 2.45) is 0 Å². The first-order valence-corrected chi connectivity index (χ1v) is 8.80. The maximum Gasteiger partial charge on any atom is 0.310 e. The zero-order valence-electron chi connectivity index (χ0n) is 15.5. The lowest BCUT2D eigenvalue weighted by molar-refractivity contribution is -0.153. The van der Waals surface area contributed by atoms with Crippen molar-refractivity contribution in [1.82, 2.24) is 0 Å². The molecule has 1 amide bonds. The summed E-state index contributed by atoms with van der Waals surface area (Å²) in [4.78, 5) is 24.2. The molecule has 0 saturated heterocycles. The lowest BCUT2D eigenvalue weighted by atomic mass is 10.2. The van der Waals surface area contributed by atoms with Gasteiger partial charge in [-0.25, -0.2) is 0 Å². The maximum atomic E-state index is 12.2. The van der Waals surface area contributed by atoms with Crippen molar-refractivity contribution in [2.75, 3.05) is 19.0 Å². The first-order chi connectivity index (χ1) is 12.9. The van der Waals surface area contributed by atoms with Gasteiger partial charge in [0.1, 0.15) is 11.5 Å². The standard InChI is InChI=1S/C20H22ClNO5/c1-13-5-4-6-16(11-13)26-10-9-19(23)27-14(2)20(24)22-17-12-15(21)7-8-18(17)25-3/h4-8,11-12,14H,9-10H2,1-3H3,(H,22,24)/t14-/m0/s1. The van der Waals surface area contributed by atoms with Gasteiger partial charge in [-0.2, -0.15) is 0 Å². The number of amides is 1. The highest BCUT2D eigenvalue weighted by Crippen LogP contribution is 2.27. The number of carbonyl (C=O) groups is 2. The predicted octanol–water partition coefficient (Wildman–Crippen LogP) is 4.00. The zero-order chi connectivity index (χ0) is 19.8. The van der Waals surface area contributed by atoms with Crippen molar-refractivity contribution in [2.45, 2.75) is 26.4 Å². The van der Waals surface area contributed by atoms with Crippen LogP contribution in [-0.4, -0.2) is 31.7 Å². The van der Waals surface area contributed by atoms with Gasteiger partial charge in [0, 0.05) is 5.02 Å². The summed E-state index contributed by atoms with van der Waals surface area (Å²) in [6, 6.07) is 12.4. The van der Waals surface area contributed by atoms with E-state index in [9.17, 15) is 9.59 Å². The molecule has 0 radical (unpaired) electrons. The second kappa shape index (κ2) is 9.83. The molecule has 1 N–H and O–H groups in total. The molecule has 0 heterocycles. The molecule has 2 rings (SSSR count). The van der Waals surface area contributed by atoms with Gasteiger partial charge in [0.15, 0.2) is 6.10 Å². The van der Waals surface area contributed by atoms with Crippen molar-refractivity contribution >= 4 is 29.2 Å². The van der Waals surface area contributed by atoms with E-state index in [-0.39, 0.29) is 13.0 Å². The van der Waals surface area contributed by atoms with E-state index >= 15 is 0 Å². The Morgan fingerprint density at radius 1 is 1.19 bits per heavy atom. The van der Waals surface area contributed by atoms with Gasteiger partial charge in [-0.3, -0.25) is 9.59 Å². The number of hydrogen-bond acceptors (Lipinski definition) is 5. The Hall–Kier alpha value is -2.73. The smallest absolute Gasteiger partial charge is 0.310 e. The Kier molecular flexibility index (Phi) is 7.49. The largest absolute Gasteiger partial charge is 0.495 e. The molecule has 0 bridgehead atoms. The Bertz CT molecular complexity index is 809. The number of aryl methyl sites for hydroxylation is 1. The van der Waals surface area contributed by atoms with E-state index < -0.39 is 18.0 Å². The van der Waals surface area contributed by atoms with Gasteiger partial charge >= 0.3 is 5.97 Å². The fraction of sp³-hybridized carbons (Fsp3) is 0.300. The van der Waals surface area contributed by atoms with Crippen LogP contribution in [-0.2, 0) is 14.3 Å². The van der Waals surface area contributed by atoms with Crippen molar-refractivity contribution in [3.05, 3.63) is 53.1 Å². The molecule has 7 heteroatoms. The van der Waals surface area contributed by atoms with E-state index in [0.717, 1.165) is 5.56 Å². The summed E-state index contributed by atoms with van der Waals surface area (Å²) >= 11 is 5.93. The molecule has 0 aliphatic rings. The van der Waals surface area contributed by atoms with Crippen LogP contribution < -0.4 is 14.8 Å². The van der Waals surface area contributed by atoms with Gasteiger partial charge in [0.05, 0.1) is 25.8 Å². The average Bonchev–Trinajstić information content (AvgIpc) is 2.62. The first kappa shape index (κ1) is 20.6. The zero-order valence-corrected chi connectivity index (χ0v) is 16.2. The summed E-state index contributed by atoms with van der Waals surface area (Å²) in [6.45, 7) is 3.61. The highest BCUT2D eigenvalue weighted by atomic mass is 35.5. The first-order valence-electron chi connectivity index (χ1n) is 8.42. The Morgan fingerprint density at radius 2 is 1.96 bits per heavy atom. The van der Waals surface area contributed by atoms with Crippen LogP contribution >= 0.6 is 11.6 Å². The topological polar surface area (TPSA) is 73.9 Å². The van der Waals surface area contributed by atoms with Gasteiger partial charge in [-0.05, 0) is 49.7 Å². The van der Waals surface area contributed by atoms with Crippen molar-refractivity contribution < 1.29 is 23.8 Å². The number of halogens is 1. The number of methoxy groups -OCH3 is 1. The Labute approximate surface area is 163 Å². The Morgan fingerprint density at radius 3 is 2.67 bits per heavy atom.